The van der Waals surface area contributed by atoms with Gasteiger partial charge >= 0.3 is 11.9 Å². The zero-order valence-electron chi connectivity index (χ0n) is 11.5. The lowest BCUT2D eigenvalue weighted by molar-refractivity contribution is -0.137. The molecule has 0 fully saturated rings. The van der Waals surface area contributed by atoms with Crippen molar-refractivity contribution in [1.82, 2.24) is 0 Å². The molecule has 0 unspecified atom stereocenters. The van der Waals surface area contributed by atoms with Crippen molar-refractivity contribution in [1.29, 1.82) is 0 Å². The van der Waals surface area contributed by atoms with Crippen LogP contribution < -0.4 is 0 Å². The van der Waals surface area contributed by atoms with Gasteiger partial charge < -0.3 is 10.2 Å². The third-order valence-corrected chi connectivity index (χ3v) is 5.44. The van der Waals surface area contributed by atoms with Crippen LogP contribution in [0, 0.1) is 0 Å². The van der Waals surface area contributed by atoms with Crippen LogP contribution in [0.1, 0.15) is 51.9 Å². The monoisotopic (exact) mass is 308 g/mol. The molecule has 112 valence electrons. The zero-order chi connectivity index (χ0) is 14.5. The third-order valence-electron chi connectivity index (χ3n) is 2.53. The number of aliphatic carboxylic acids is 2. The van der Waals surface area contributed by atoms with Crippen molar-refractivity contribution in [2.45, 2.75) is 56.5 Å². The lowest BCUT2D eigenvalue weighted by Crippen LogP contribution is -2.05. The first-order valence-electron chi connectivity index (χ1n) is 6.73. The highest BCUT2D eigenvalue weighted by molar-refractivity contribution is 8.17. The molecule has 0 aliphatic carbocycles. The molecule has 0 aliphatic rings. The standard InChI is InChI=1S/C13H24O4S2/c1-2-3-4-5-6-13(18-9-7-11(14)15)19-10-8-12(16)17/h13H,2-10H2,1H3,(H,14,15)(H,16,17). The van der Waals surface area contributed by atoms with Crippen LogP contribution in [0.3, 0.4) is 0 Å². The molecule has 2 N–H and O–H groups in total. The van der Waals surface area contributed by atoms with Gasteiger partial charge in [-0.05, 0) is 6.42 Å². The Bertz CT molecular complexity index is 239. The summed E-state index contributed by atoms with van der Waals surface area (Å²) in [5.74, 6) is -0.331. The number of unbranched alkanes of at least 4 members (excludes halogenated alkanes) is 3. The highest BCUT2D eigenvalue weighted by Gasteiger charge is 2.11. The van der Waals surface area contributed by atoms with Crippen LogP contribution in [-0.4, -0.2) is 38.2 Å². The van der Waals surface area contributed by atoms with Crippen LogP contribution in [0.5, 0.6) is 0 Å². The maximum Gasteiger partial charge on any atom is 0.304 e. The lowest BCUT2D eigenvalue weighted by atomic mass is 10.2. The zero-order valence-corrected chi connectivity index (χ0v) is 13.1. The summed E-state index contributed by atoms with van der Waals surface area (Å²) in [4.78, 5) is 21.0. The van der Waals surface area contributed by atoms with Crippen LogP contribution in [0.2, 0.25) is 0 Å². The summed E-state index contributed by atoms with van der Waals surface area (Å²) < 4.78 is 0.329. The van der Waals surface area contributed by atoms with Crippen LogP contribution >= 0.6 is 23.5 Å². The van der Waals surface area contributed by atoms with E-state index in [9.17, 15) is 9.59 Å². The molecule has 0 radical (unpaired) electrons. The van der Waals surface area contributed by atoms with E-state index in [0.717, 1.165) is 12.8 Å². The molecule has 0 heterocycles. The van der Waals surface area contributed by atoms with Crippen molar-refractivity contribution in [2.24, 2.45) is 0 Å². The fraction of sp³-hybridized carbons (Fsp3) is 0.846. The number of hydrogen-bond donors (Lipinski definition) is 2. The average molecular weight is 308 g/mol. The van der Waals surface area contributed by atoms with Crippen molar-refractivity contribution < 1.29 is 19.8 Å². The number of carboxylic acids is 2. The Hall–Kier alpha value is -0.360. The second-order valence-corrected chi connectivity index (χ2v) is 7.23. The fourth-order valence-corrected chi connectivity index (χ4v) is 4.25. The van der Waals surface area contributed by atoms with Gasteiger partial charge in [-0.1, -0.05) is 32.6 Å². The van der Waals surface area contributed by atoms with E-state index in [4.69, 9.17) is 10.2 Å². The molecule has 0 atom stereocenters. The predicted octanol–water partition coefficient (Wildman–Crippen LogP) is 3.70. The van der Waals surface area contributed by atoms with E-state index in [0.29, 0.717) is 16.1 Å². The van der Waals surface area contributed by atoms with Crippen molar-refractivity contribution in [3.05, 3.63) is 0 Å². The predicted molar refractivity (Wildman–Crippen MR) is 82.0 cm³/mol. The van der Waals surface area contributed by atoms with E-state index in [-0.39, 0.29) is 12.8 Å². The van der Waals surface area contributed by atoms with Gasteiger partial charge in [0.15, 0.2) is 0 Å². The van der Waals surface area contributed by atoms with Crippen molar-refractivity contribution in [3.63, 3.8) is 0 Å². The van der Waals surface area contributed by atoms with Crippen LogP contribution in [0.15, 0.2) is 0 Å². The first-order valence-corrected chi connectivity index (χ1v) is 8.82. The number of carbonyl (C=O) groups is 2. The highest BCUT2D eigenvalue weighted by Crippen LogP contribution is 2.29. The molecule has 0 rings (SSSR count). The molecule has 0 spiro atoms. The maximum atomic E-state index is 10.5. The van der Waals surface area contributed by atoms with E-state index in [1.54, 1.807) is 23.5 Å². The van der Waals surface area contributed by atoms with Gasteiger partial charge in [0.25, 0.3) is 0 Å². The van der Waals surface area contributed by atoms with Crippen LogP contribution in [0.25, 0.3) is 0 Å². The van der Waals surface area contributed by atoms with Gasteiger partial charge in [-0.2, -0.15) is 0 Å². The summed E-state index contributed by atoms with van der Waals surface area (Å²) >= 11 is 3.30. The summed E-state index contributed by atoms with van der Waals surface area (Å²) in [6.07, 6.45) is 6.15. The summed E-state index contributed by atoms with van der Waals surface area (Å²) in [7, 11) is 0. The molecular weight excluding hydrogens is 284 g/mol. The number of carboxylic acid groups (broad SMARTS) is 2. The smallest absolute Gasteiger partial charge is 0.304 e. The molecule has 4 nitrogen and oxygen atoms in total. The van der Waals surface area contributed by atoms with Crippen molar-refractivity contribution >= 4 is 35.5 Å². The number of hydrogen-bond acceptors (Lipinski definition) is 4. The molecule has 19 heavy (non-hydrogen) atoms. The Labute approximate surface area is 123 Å². The maximum absolute atomic E-state index is 10.5. The van der Waals surface area contributed by atoms with E-state index < -0.39 is 11.9 Å². The van der Waals surface area contributed by atoms with Gasteiger partial charge in [0, 0.05) is 11.5 Å². The lowest BCUT2D eigenvalue weighted by Gasteiger charge is -2.15. The third kappa shape index (κ3) is 13.9. The van der Waals surface area contributed by atoms with Gasteiger partial charge in [-0.25, -0.2) is 0 Å². The molecule has 0 saturated heterocycles. The van der Waals surface area contributed by atoms with E-state index >= 15 is 0 Å². The Morgan fingerprint density at radius 3 is 1.89 bits per heavy atom. The fourth-order valence-electron chi connectivity index (χ4n) is 1.51. The Kier molecular flexibility index (Phi) is 12.4. The topological polar surface area (TPSA) is 74.6 Å². The van der Waals surface area contributed by atoms with E-state index in [1.165, 1.54) is 19.3 Å². The van der Waals surface area contributed by atoms with Gasteiger partial charge in [0.1, 0.15) is 0 Å². The minimum atomic E-state index is -0.771. The Morgan fingerprint density at radius 1 is 0.947 bits per heavy atom. The van der Waals surface area contributed by atoms with Gasteiger partial charge in [0.05, 0.1) is 17.4 Å². The normalized spacial score (nSPS) is 10.8. The molecule has 0 aromatic heterocycles. The molecule has 0 amide bonds. The SMILES string of the molecule is CCCCCCC(SCCC(=O)O)SCCC(=O)O. The summed E-state index contributed by atoms with van der Waals surface area (Å²) in [5.41, 5.74) is 0. The van der Waals surface area contributed by atoms with E-state index in [1.807, 2.05) is 0 Å². The molecule has 0 aromatic rings. The van der Waals surface area contributed by atoms with Crippen LogP contribution in [0.4, 0.5) is 0 Å². The molecule has 0 aromatic carbocycles. The highest BCUT2D eigenvalue weighted by atomic mass is 32.2. The van der Waals surface area contributed by atoms with Crippen molar-refractivity contribution in [2.75, 3.05) is 11.5 Å². The Balaban J connectivity index is 3.84. The van der Waals surface area contributed by atoms with Crippen molar-refractivity contribution in [3.8, 4) is 0 Å². The second kappa shape index (κ2) is 12.7. The molecule has 0 bridgehead atoms. The molecular formula is C13H24O4S2. The first-order chi connectivity index (χ1) is 9.06. The minimum Gasteiger partial charge on any atom is -0.481 e. The van der Waals surface area contributed by atoms with Gasteiger partial charge in [-0.3, -0.25) is 9.59 Å². The first kappa shape index (κ1) is 18.6. The van der Waals surface area contributed by atoms with Crippen LogP contribution in [-0.2, 0) is 9.59 Å². The molecule has 6 heteroatoms. The largest absolute Gasteiger partial charge is 0.481 e. The number of thioether (sulfide) groups is 2. The minimum absolute atomic E-state index is 0.176. The van der Waals surface area contributed by atoms with E-state index in [2.05, 4.69) is 6.92 Å². The summed E-state index contributed by atoms with van der Waals surface area (Å²) in [5, 5.41) is 17.2. The summed E-state index contributed by atoms with van der Waals surface area (Å²) in [6, 6.07) is 0. The average Bonchev–Trinajstić information content (AvgIpc) is 2.33. The second-order valence-electron chi connectivity index (χ2n) is 4.31. The summed E-state index contributed by atoms with van der Waals surface area (Å²) in [6.45, 7) is 2.17. The van der Waals surface area contributed by atoms with Gasteiger partial charge in [0.2, 0.25) is 0 Å². The quantitative estimate of drug-likeness (QED) is 0.399. The number of rotatable bonds is 13. The molecule has 0 saturated carbocycles. The molecule has 0 aliphatic heterocycles. The van der Waals surface area contributed by atoms with Gasteiger partial charge in [-0.15, -0.1) is 23.5 Å². The Morgan fingerprint density at radius 2 is 1.47 bits per heavy atom.